The third-order valence-corrected chi connectivity index (χ3v) is 23.9. The Morgan fingerprint density at radius 2 is 0.914 bits per heavy atom. The Morgan fingerprint density at radius 1 is 0.430 bits per heavy atom. The van der Waals surface area contributed by atoms with Crippen LogP contribution in [0.4, 0.5) is 23.4 Å². The summed E-state index contributed by atoms with van der Waals surface area (Å²) in [4.78, 5) is 38.4. The number of alkyl halides is 3. The lowest BCUT2D eigenvalue weighted by Gasteiger charge is -2.45. The van der Waals surface area contributed by atoms with Crippen molar-refractivity contribution in [3.63, 3.8) is 0 Å². The number of aromatic nitrogens is 9. The van der Waals surface area contributed by atoms with E-state index in [0.29, 0.717) is 40.0 Å². The van der Waals surface area contributed by atoms with Crippen molar-refractivity contribution in [2.24, 2.45) is 44.3 Å². The molecule has 9 N–H and O–H groups in total. The fraction of sp³-hybridized carbons (Fsp3) is 0.481. The lowest BCUT2D eigenvalue weighted by Crippen LogP contribution is -2.46. The van der Waals surface area contributed by atoms with E-state index in [-0.39, 0.29) is 34.0 Å². The zero-order chi connectivity index (χ0) is 95.9. The molecule has 0 radical (unpaired) electrons. The van der Waals surface area contributed by atoms with Crippen LogP contribution in [-0.2, 0) is 44.5 Å². The summed E-state index contributed by atoms with van der Waals surface area (Å²) in [6, 6.07) is 58.3. The molecule has 11 aromatic rings. The Hall–Kier alpha value is -9.75. The van der Waals surface area contributed by atoms with Gasteiger partial charge in [0.15, 0.2) is 11.2 Å². The van der Waals surface area contributed by atoms with Gasteiger partial charge in [-0.05, 0) is 189 Å². The van der Waals surface area contributed by atoms with Crippen molar-refractivity contribution in [3.8, 4) is 0 Å². The average molecular weight is 1760 g/mol. The fourth-order valence-corrected chi connectivity index (χ4v) is 15.4. The molecule has 1 saturated carbocycles. The number of halogens is 4. The Morgan fingerprint density at radius 3 is 1.36 bits per heavy atom. The summed E-state index contributed by atoms with van der Waals surface area (Å²) in [7, 11) is 0. The highest BCUT2D eigenvalue weighted by Gasteiger charge is 2.51. The predicted molar refractivity (Wildman–Crippen MR) is 505 cm³/mol. The van der Waals surface area contributed by atoms with Gasteiger partial charge < -0.3 is 46.2 Å². The van der Waals surface area contributed by atoms with Gasteiger partial charge in [0.05, 0.1) is 74.6 Å². The molecule has 0 spiro atoms. The molecular weight excluding hydrogens is 1620 g/mol. The van der Waals surface area contributed by atoms with Crippen molar-refractivity contribution < 1.29 is 58.0 Å². The van der Waals surface area contributed by atoms with Gasteiger partial charge in [-0.3, -0.25) is 34.9 Å². The van der Waals surface area contributed by atoms with Gasteiger partial charge in [0.1, 0.15) is 40.1 Å². The number of nitrogens with zero attached hydrogens (tertiary/aromatic N) is 9. The summed E-state index contributed by atoms with van der Waals surface area (Å²) in [5, 5.41) is 77.6. The Bertz CT molecular complexity index is 5080. The van der Waals surface area contributed by atoms with Gasteiger partial charge in [0.2, 0.25) is 0 Å². The number of hydrogen-bond donors (Lipinski definition) is 8. The molecule has 2 aromatic carbocycles. The number of aliphatic hydroxyl groups is 7. The van der Waals surface area contributed by atoms with Gasteiger partial charge in [-0.1, -0.05) is 269 Å². The van der Waals surface area contributed by atoms with Crippen LogP contribution < -0.4 is 5.73 Å². The number of fused-ring (bicyclic) bond motifs is 1. The third kappa shape index (κ3) is 27.0. The number of benzene rings is 2. The van der Waals surface area contributed by atoms with Crippen molar-refractivity contribution in [1.82, 2.24) is 44.9 Å². The van der Waals surface area contributed by atoms with Crippen LogP contribution in [0.2, 0.25) is 0 Å². The van der Waals surface area contributed by atoms with E-state index in [1.165, 1.54) is 31.0 Å². The maximum Gasteiger partial charge on any atom is 0.417 e. The summed E-state index contributed by atoms with van der Waals surface area (Å²) in [5.74, 6) is 1.03. The summed E-state index contributed by atoms with van der Waals surface area (Å²) >= 11 is 0. The second-order valence-electron chi connectivity index (χ2n) is 39.5. The van der Waals surface area contributed by atoms with Crippen molar-refractivity contribution >= 4 is 16.7 Å². The summed E-state index contributed by atoms with van der Waals surface area (Å²) in [6.45, 7) is 50.2. The SMILES string of the molecule is CC.CC(C)(C)C(O)(CCC1CC1)c1ccccn1.CC(C)(C)C(O)(c1ccccc1)c1ccc2ccccc2n1.CC(C)(C)C(O)(c1ccccn1)c1cccc(N)n1.CC(C)(C)C(O)c1ccc(C(F)(F)F)cn1.CCC(CC)C(O)(c1ccccn1)C(C)(C)C.Cc1ccc(C(O)(c2ccc(F)cn2)C(C)(C)C)nc1.Cc1cccc([C@](C)(O)[C@H]2CCCO2)n1. The zero-order valence-electron chi connectivity index (χ0n) is 80.3. The Labute approximate surface area is 759 Å². The average Bonchev–Trinajstić information content (AvgIpc) is 0.935. The minimum atomic E-state index is -4.39. The minimum Gasteiger partial charge on any atom is -0.386 e. The van der Waals surface area contributed by atoms with Crippen molar-refractivity contribution in [2.75, 3.05) is 12.3 Å². The molecular formula is C106H144F4N10O8. The number of para-hydroxylation sites is 1. The van der Waals surface area contributed by atoms with Crippen LogP contribution in [0.15, 0.2) is 231 Å². The van der Waals surface area contributed by atoms with Crippen LogP contribution in [0.3, 0.4) is 0 Å². The van der Waals surface area contributed by atoms with E-state index in [2.05, 4.69) is 95.3 Å². The second kappa shape index (κ2) is 44.7. The second-order valence-corrected chi connectivity index (χ2v) is 39.5. The topological polar surface area (TPSA) is 293 Å². The minimum absolute atomic E-state index is 0.119. The highest BCUT2D eigenvalue weighted by atomic mass is 19.4. The van der Waals surface area contributed by atoms with E-state index < -0.39 is 73.5 Å². The van der Waals surface area contributed by atoms with E-state index in [1.807, 2.05) is 230 Å². The molecule has 1 aliphatic carbocycles. The van der Waals surface area contributed by atoms with E-state index in [1.54, 1.807) is 82.8 Å². The number of aryl methyl sites for hydroxylation is 2. The monoisotopic (exact) mass is 1760 g/mol. The quantitative estimate of drug-likeness (QED) is 0.0393. The molecule has 13 rings (SSSR count). The molecule has 22 heteroatoms. The van der Waals surface area contributed by atoms with Gasteiger partial charge >= 0.3 is 6.18 Å². The number of nitrogen functional groups attached to an aromatic ring is 1. The highest BCUT2D eigenvalue weighted by molar-refractivity contribution is 5.78. The van der Waals surface area contributed by atoms with Crippen molar-refractivity contribution in [3.05, 3.63) is 311 Å². The first kappa shape index (κ1) is 107. The molecule has 2 fully saturated rings. The normalized spacial score (nSPS) is 16.7. The molecule has 0 amide bonds. The molecule has 18 nitrogen and oxygen atoms in total. The van der Waals surface area contributed by atoms with Crippen LogP contribution in [0.5, 0.6) is 0 Å². The molecule has 1 aliphatic heterocycles. The molecule has 128 heavy (non-hydrogen) atoms. The molecule has 1 saturated heterocycles. The van der Waals surface area contributed by atoms with Gasteiger partial charge in [0, 0.05) is 64.9 Å². The van der Waals surface area contributed by atoms with Gasteiger partial charge in [-0.2, -0.15) is 13.2 Å². The Balaban J connectivity index is 0.000000230. The van der Waals surface area contributed by atoms with Crippen LogP contribution in [-0.4, -0.2) is 93.3 Å². The first-order chi connectivity index (χ1) is 59.6. The molecule has 694 valence electrons. The van der Waals surface area contributed by atoms with Crippen LogP contribution in [0.25, 0.3) is 10.9 Å². The lowest BCUT2D eigenvalue weighted by molar-refractivity contribution is -0.137. The molecule has 0 bridgehead atoms. The van der Waals surface area contributed by atoms with Gasteiger partial charge in [-0.25, -0.2) is 14.4 Å². The zero-order valence-corrected chi connectivity index (χ0v) is 80.3. The maximum atomic E-state index is 13.1. The predicted octanol–water partition coefficient (Wildman–Crippen LogP) is 23.3. The maximum absolute atomic E-state index is 13.1. The Kier molecular flexibility index (Phi) is 37.4. The van der Waals surface area contributed by atoms with E-state index >= 15 is 0 Å². The lowest BCUT2D eigenvalue weighted by atomic mass is 9.65. The van der Waals surface area contributed by atoms with Crippen molar-refractivity contribution in [2.45, 2.75) is 276 Å². The van der Waals surface area contributed by atoms with E-state index in [0.717, 1.165) is 109 Å². The molecule has 10 heterocycles. The van der Waals surface area contributed by atoms with Crippen LogP contribution in [0, 0.1) is 64.0 Å². The summed E-state index contributed by atoms with van der Waals surface area (Å²) in [5.41, 5.74) is 5.15. The fourth-order valence-electron chi connectivity index (χ4n) is 15.4. The standard InChI is InChI=1S/C20H21NO.C16H19FN2O.C15H19N3O.C15H23NO.C15H25NO.C12H17NO2.C11H14F3NO.C2H6/c1-19(2,3)20(22,16-10-5-4-6-11-16)18-14-13-15-9-7-8-12-17(15)21-18;1-11-5-7-13(18-9-11)16(20,15(2,3)4)14-8-6-12(17)10-19-14;1-14(2,3)15(19,11-7-4-5-10-17-11)12-8-6-9-13(16)18-12;1-14(2,3)15(17,10-9-12-7-8-12)13-6-4-5-11-16-13;1-6-12(7-2)15(17,14(3,4)5)13-10-8-9-11-16-13;1-9-5-3-6-10(13-9)12(2,14)11-7-4-8-15-11;1-10(2,3)9(16)8-5-4-7(6-15-8)11(12,13)14;1-2/h4-14,22H,1-3H3;5-10,20H,1-4H3;4-10,19H,1-3H3,(H2,16,18);4-6,11-12,17H,7-10H2,1-3H3;8-12,17H,6-7H2,1-5H3;3,5-6,11,14H,4,7-8H2,1-2H3;4-6,9,16H,1-3H3;1-2H3/t;;;;;11-,12+;;/m.....1../s1. The number of rotatable bonds is 17. The van der Waals surface area contributed by atoms with Crippen LogP contribution >= 0.6 is 0 Å². The molecule has 6 unspecified atom stereocenters. The smallest absolute Gasteiger partial charge is 0.386 e. The van der Waals surface area contributed by atoms with Gasteiger partial charge in [-0.15, -0.1) is 0 Å². The molecule has 2 aliphatic rings. The number of anilines is 1. The summed E-state index contributed by atoms with van der Waals surface area (Å²) in [6.07, 6.45) is 11.8. The van der Waals surface area contributed by atoms with Gasteiger partial charge in [0.25, 0.3) is 0 Å². The molecule has 8 atom stereocenters. The van der Waals surface area contributed by atoms with E-state index in [4.69, 9.17) is 15.5 Å². The van der Waals surface area contributed by atoms with E-state index in [9.17, 15) is 53.3 Å². The van der Waals surface area contributed by atoms with Crippen molar-refractivity contribution in [1.29, 1.82) is 0 Å². The number of pyridine rings is 9. The first-order valence-corrected chi connectivity index (χ1v) is 44.6. The number of nitrogens with two attached hydrogens (primary N) is 1. The molecule has 9 aromatic heterocycles. The first-order valence-electron chi connectivity index (χ1n) is 44.6. The number of ether oxygens (including phenoxy) is 1. The largest absolute Gasteiger partial charge is 0.417 e. The van der Waals surface area contributed by atoms with Crippen LogP contribution in [0.1, 0.15) is 290 Å². The highest BCUT2D eigenvalue weighted by Crippen LogP contribution is 2.50. The third-order valence-electron chi connectivity index (χ3n) is 23.9. The summed E-state index contributed by atoms with van der Waals surface area (Å²) < 4.78 is 55.3. The number of aliphatic hydroxyl groups excluding tert-OH is 1. The number of hydrogen-bond acceptors (Lipinski definition) is 18.